The topological polar surface area (TPSA) is 95.7 Å². The van der Waals surface area contributed by atoms with Crippen molar-refractivity contribution in [1.82, 2.24) is 10.2 Å². The molecular formula is C10H19N3O3. The molecule has 0 radical (unpaired) electrons. The number of nitrogens with two attached hydrogens (primary N) is 1. The van der Waals surface area contributed by atoms with Gasteiger partial charge in [-0.15, -0.1) is 0 Å². The molecule has 0 aliphatic carbocycles. The molecular weight excluding hydrogens is 210 g/mol. The van der Waals surface area contributed by atoms with Gasteiger partial charge in [0.15, 0.2) is 0 Å². The van der Waals surface area contributed by atoms with Gasteiger partial charge >= 0.3 is 12.0 Å². The number of rotatable bonds is 3. The van der Waals surface area contributed by atoms with E-state index in [2.05, 4.69) is 5.32 Å². The van der Waals surface area contributed by atoms with Gasteiger partial charge in [-0.05, 0) is 12.3 Å². The van der Waals surface area contributed by atoms with Crippen LogP contribution in [0.2, 0.25) is 0 Å². The molecule has 92 valence electrons. The monoisotopic (exact) mass is 229 g/mol. The summed E-state index contributed by atoms with van der Waals surface area (Å²) in [6, 6.07) is -1.17. The van der Waals surface area contributed by atoms with Crippen LogP contribution in [0.3, 0.4) is 0 Å². The average molecular weight is 229 g/mol. The fourth-order valence-corrected chi connectivity index (χ4v) is 1.71. The van der Waals surface area contributed by atoms with Crippen molar-refractivity contribution in [3.63, 3.8) is 0 Å². The van der Waals surface area contributed by atoms with Crippen LogP contribution in [-0.4, -0.2) is 47.2 Å². The summed E-state index contributed by atoms with van der Waals surface area (Å²) in [6.45, 7) is 4.61. The first-order valence-corrected chi connectivity index (χ1v) is 5.45. The van der Waals surface area contributed by atoms with Crippen LogP contribution in [-0.2, 0) is 4.79 Å². The average Bonchev–Trinajstić information content (AvgIpc) is 2.59. The van der Waals surface area contributed by atoms with E-state index in [4.69, 9.17) is 10.8 Å². The molecule has 1 aliphatic rings. The minimum Gasteiger partial charge on any atom is -0.480 e. The number of aliphatic carboxylic acids is 1. The largest absolute Gasteiger partial charge is 0.480 e. The predicted molar refractivity (Wildman–Crippen MR) is 59.0 cm³/mol. The Labute approximate surface area is 94.8 Å². The van der Waals surface area contributed by atoms with E-state index in [0.29, 0.717) is 13.1 Å². The second-order valence-electron chi connectivity index (χ2n) is 4.50. The molecule has 6 heteroatoms. The molecule has 2 amide bonds. The van der Waals surface area contributed by atoms with Gasteiger partial charge in [0, 0.05) is 19.1 Å². The summed E-state index contributed by atoms with van der Waals surface area (Å²) < 4.78 is 0. The van der Waals surface area contributed by atoms with Crippen LogP contribution in [0, 0.1) is 5.92 Å². The number of hydrogen-bond acceptors (Lipinski definition) is 3. The first-order valence-electron chi connectivity index (χ1n) is 5.45. The maximum absolute atomic E-state index is 11.7. The fraction of sp³-hybridized carbons (Fsp3) is 0.800. The lowest BCUT2D eigenvalue weighted by atomic mass is 10.1. The zero-order valence-corrected chi connectivity index (χ0v) is 9.64. The molecule has 0 saturated carbocycles. The van der Waals surface area contributed by atoms with Crippen LogP contribution in [0.5, 0.6) is 0 Å². The second-order valence-corrected chi connectivity index (χ2v) is 4.50. The highest BCUT2D eigenvalue weighted by atomic mass is 16.4. The second kappa shape index (κ2) is 5.16. The van der Waals surface area contributed by atoms with E-state index >= 15 is 0 Å². The van der Waals surface area contributed by atoms with E-state index < -0.39 is 12.0 Å². The molecule has 0 aromatic rings. The molecule has 2 atom stereocenters. The van der Waals surface area contributed by atoms with Gasteiger partial charge in [-0.3, -0.25) is 0 Å². The number of hydrogen-bond donors (Lipinski definition) is 3. The molecule has 1 heterocycles. The van der Waals surface area contributed by atoms with E-state index in [-0.39, 0.29) is 18.0 Å². The Morgan fingerprint density at radius 1 is 1.50 bits per heavy atom. The molecule has 4 N–H and O–H groups in total. The van der Waals surface area contributed by atoms with Crippen molar-refractivity contribution in [3.05, 3.63) is 0 Å². The number of nitrogens with zero attached hydrogens (tertiary/aromatic N) is 1. The summed E-state index contributed by atoms with van der Waals surface area (Å²) in [6.07, 6.45) is 0.771. The highest BCUT2D eigenvalue weighted by Crippen LogP contribution is 2.08. The summed E-state index contributed by atoms with van der Waals surface area (Å²) >= 11 is 0. The maximum atomic E-state index is 11.7. The number of carboxylic acids is 1. The molecule has 0 aromatic carbocycles. The van der Waals surface area contributed by atoms with E-state index in [0.717, 1.165) is 6.42 Å². The van der Waals surface area contributed by atoms with Crippen LogP contribution in [0.4, 0.5) is 4.79 Å². The molecule has 0 spiro atoms. The highest BCUT2D eigenvalue weighted by molar-refractivity contribution is 5.82. The van der Waals surface area contributed by atoms with Crippen molar-refractivity contribution in [2.24, 2.45) is 11.7 Å². The summed E-state index contributed by atoms with van der Waals surface area (Å²) in [5.74, 6) is -1.15. The van der Waals surface area contributed by atoms with Gasteiger partial charge in [-0.25, -0.2) is 9.59 Å². The number of carbonyl (C=O) groups is 2. The van der Waals surface area contributed by atoms with E-state index in [1.54, 1.807) is 18.7 Å². The van der Waals surface area contributed by atoms with Crippen molar-refractivity contribution in [2.45, 2.75) is 32.4 Å². The number of carbonyl (C=O) groups excluding carboxylic acids is 1. The minimum absolute atomic E-state index is 0.00748. The Hall–Kier alpha value is -1.30. The summed E-state index contributed by atoms with van der Waals surface area (Å²) in [7, 11) is 0. The van der Waals surface area contributed by atoms with Crippen molar-refractivity contribution >= 4 is 12.0 Å². The van der Waals surface area contributed by atoms with Crippen LogP contribution in [0.25, 0.3) is 0 Å². The van der Waals surface area contributed by atoms with E-state index in [1.165, 1.54) is 0 Å². The Balaban J connectivity index is 2.52. The lowest BCUT2D eigenvalue weighted by molar-refractivity contribution is -0.140. The quantitative estimate of drug-likeness (QED) is 0.626. The third-order valence-corrected chi connectivity index (χ3v) is 2.72. The molecule has 1 saturated heterocycles. The summed E-state index contributed by atoms with van der Waals surface area (Å²) in [4.78, 5) is 24.2. The number of urea groups is 1. The summed E-state index contributed by atoms with van der Waals surface area (Å²) in [5, 5.41) is 11.4. The summed E-state index contributed by atoms with van der Waals surface area (Å²) in [5.41, 5.74) is 5.68. The van der Waals surface area contributed by atoms with Crippen molar-refractivity contribution in [1.29, 1.82) is 0 Å². The van der Waals surface area contributed by atoms with Gasteiger partial charge in [0.05, 0.1) is 0 Å². The lowest BCUT2D eigenvalue weighted by Gasteiger charge is -2.22. The first kappa shape index (κ1) is 12.8. The van der Waals surface area contributed by atoms with Crippen LogP contribution < -0.4 is 11.1 Å². The Morgan fingerprint density at radius 2 is 2.12 bits per heavy atom. The van der Waals surface area contributed by atoms with Gasteiger partial charge in [-0.2, -0.15) is 0 Å². The van der Waals surface area contributed by atoms with E-state index in [1.807, 2.05) is 0 Å². The molecule has 6 nitrogen and oxygen atoms in total. The molecule has 1 rings (SSSR count). The van der Waals surface area contributed by atoms with Gasteiger partial charge < -0.3 is 21.1 Å². The van der Waals surface area contributed by atoms with Crippen molar-refractivity contribution in [3.8, 4) is 0 Å². The van der Waals surface area contributed by atoms with Gasteiger partial charge in [0.1, 0.15) is 6.04 Å². The highest BCUT2D eigenvalue weighted by Gasteiger charge is 2.28. The fourth-order valence-electron chi connectivity index (χ4n) is 1.71. The Kier molecular flexibility index (Phi) is 4.12. The SMILES string of the molecule is CC(C)C(NC(=O)N1CCC(N)C1)C(=O)O. The lowest BCUT2D eigenvalue weighted by Crippen LogP contribution is -2.49. The standard InChI is InChI=1S/C10H19N3O3/c1-6(2)8(9(14)15)12-10(16)13-4-3-7(11)5-13/h6-8H,3-5,11H2,1-2H3,(H,12,16)(H,14,15). The number of amides is 2. The van der Waals surface area contributed by atoms with Crippen molar-refractivity contribution in [2.75, 3.05) is 13.1 Å². The third kappa shape index (κ3) is 3.10. The zero-order chi connectivity index (χ0) is 12.3. The van der Waals surface area contributed by atoms with Crippen LogP contribution >= 0.6 is 0 Å². The third-order valence-electron chi connectivity index (χ3n) is 2.72. The number of carboxylic acid groups (broad SMARTS) is 1. The minimum atomic E-state index is -1.01. The molecule has 1 aliphatic heterocycles. The van der Waals surface area contributed by atoms with Crippen LogP contribution in [0.15, 0.2) is 0 Å². The normalized spacial score (nSPS) is 22.2. The van der Waals surface area contributed by atoms with E-state index in [9.17, 15) is 9.59 Å². The Bertz CT molecular complexity index is 280. The van der Waals surface area contributed by atoms with Gasteiger partial charge in [0.2, 0.25) is 0 Å². The van der Waals surface area contributed by atoms with Gasteiger partial charge in [0.25, 0.3) is 0 Å². The number of nitrogens with one attached hydrogen (secondary N) is 1. The zero-order valence-electron chi connectivity index (χ0n) is 9.64. The predicted octanol–water partition coefficient (Wildman–Crippen LogP) is -0.162. The molecule has 1 fully saturated rings. The number of likely N-dealkylation sites (tertiary alicyclic amines) is 1. The van der Waals surface area contributed by atoms with Crippen molar-refractivity contribution < 1.29 is 14.7 Å². The van der Waals surface area contributed by atoms with Gasteiger partial charge in [-0.1, -0.05) is 13.8 Å². The maximum Gasteiger partial charge on any atom is 0.326 e. The molecule has 16 heavy (non-hydrogen) atoms. The van der Waals surface area contributed by atoms with Crippen LogP contribution in [0.1, 0.15) is 20.3 Å². The Morgan fingerprint density at radius 3 is 2.50 bits per heavy atom. The molecule has 2 unspecified atom stereocenters. The first-order chi connectivity index (χ1) is 7.41. The molecule has 0 bridgehead atoms. The smallest absolute Gasteiger partial charge is 0.326 e. The molecule has 0 aromatic heterocycles.